The predicted molar refractivity (Wildman–Crippen MR) is 45.7 cm³/mol. The summed E-state index contributed by atoms with van der Waals surface area (Å²) in [4.78, 5) is 0. The summed E-state index contributed by atoms with van der Waals surface area (Å²) in [5.74, 6) is -0.0276. The van der Waals surface area contributed by atoms with Crippen molar-refractivity contribution in [2.75, 3.05) is 26.8 Å². The van der Waals surface area contributed by atoms with Crippen molar-refractivity contribution >= 4 is 0 Å². The Hall–Kier alpha value is -0.190. The second-order valence-electron chi connectivity index (χ2n) is 3.28. The van der Waals surface area contributed by atoms with Gasteiger partial charge in [0.25, 0.3) is 0 Å². The van der Waals surface area contributed by atoms with Crippen LogP contribution in [0.3, 0.4) is 0 Å². The minimum atomic E-state index is -0.781. The molecule has 4 heteroatoms. The molecule has 0 aromatic heterocycles. The van der Waals surface area contributed by atoms with E-state index in [1.165, 1.54) is 0 Å². The molecule has 1 fully saturated rings. The second-order valence-corrected chi connectivity index (χ2v) is 3.28. The average Bonchev–Trinajstić information content (AvgIpc) is 2.47. The van der Waals surface area contributed by atoms with E-state index >= 15 is 0 Å². The molecule has 3 N–H and O–H groups in total. The van der Waals surface area contributed by atoms with E-state index in [4.69, 9.17) is 10.5 Å². The van der Waals surface area contributed by atoms with Gasteiger partial charge < -0.3 is 15.8 Å². The molecule has 0 radical (unpaired) electrons. The van der Waals surface area contributed by atoms with Crippen LogP contribution in [0.1, 0.15) is 6.42 Å². The van der Waals surface area contributed by atoms with E-state index in [1.807, 2.05) is 0 Å². The third-order valence-corrected chi connectivity index (χ3v) is 2.39. The average molecular weight is 176 g/mol. The van der Waals surface area contributed by atoms with E-state index in [0.29, 0.717) is 19.7 Å². The van der Waals surface area contributed by atoms with Gasteiger partial charge in [-0.05, 0) is 6.42 Å². The minimum Gasteiger partial charge on any atom is -0.385 e. The lowest BCUT2D eigenvalue weighted by atomic mass is 9.96. The highest BCUT2D eigenvalue weighted by Gasteiger charge is 2.31. The van der Waals surface area contributed by atoms with Gasteiger partial charge in [0.05, 0.1) is 0 Å². The van der Waals surface area contributed by atoms with E-state index in [2.05, 4.69) is 5.32 Å². The normalized spacial score (nSPS) is 32.2. The second kappa shape index (κ2) is 4.74. The molecule has 0 bridgehead atoms. The van der Waals surface area contributed by atoms with Gasteiger partial charge in [0.1, 0.15) is 6.17 Å². The molecular weight excluding hydrogens is 159 g/mol. The first-order chi connectivity index (χ1) is 5.75. The monoisotopic (exact) mass is 176 g/mol. The van der Waals surface area contributed by atoms with Crippen molar-refractivity contribution in [1.82, 2.24) is 5.32 Å². The summed E-state index contributed by atoms with van der Waals surface area (Å²) in [7, 11) is 1.63. The van der Waals surface area contributed by atoms with Crippen LogP contribution in [0, 0.1) is 5.92 Å². The lowest BCUT2D eigenvalue weighted by molar-refractivity contribution is 0.166. The number of rotatable bonds is 4. The quantitative estimate of drug-likeness (QED) is 0.629. The van der Waals surface area contributed by atoms with Crippen LogP contribution in [-0.4, -0.2) is 39.0 Å². The Morgan fingerprint density at radius 1 is 1.67 bits per heavy atom. The first-order valence-electron chi connectivity index (χ1n) is 4.35. The van der Waals surface area contributed by atoms with Crippen LogP contribution >= 0.6 is 0 Å². The summed E-state index contributed by atoms with van der Waals surface area (Å²) in [5, 5.41) is 2.98. The van der Waals surface area contributed by atoms with Crippen molar-refractivity contribution in [3.05, 3.63) is 0 Å². The van der Waals surface area contributed by atoms with Gasteiger partial charge >= 0.3 is 0 Å². The maximum absolute atomic E-state index is 13.1. The number of halogens is 1. The van der Waals surface area contributed by atoms with E-state index in [1.54, 1.807) is 7.11 Å². The molecule has 72 valence electrons. The molecule has 1 rings (SSSR count). The molecule has 1 aliphatic rings. The molecule has 0 aliphatic carbocycles. The van der Waals surface area contributed by atoms with Crippen molar-refractivity contribution in [3.63, 3.8) is 0 Å². The molecule has 1 heterocycles. The summed E-state index contributed by atoms with van der Waals surface area (Å²) in [6.45, 7) is 1.77. The molecule has 0 unspecified atom stereocenters. The standard InChI is InChI=1S/C8H17FN2O/c1-12-3-2-8(10)6-4-11-5-7(6)9/h6-8,11H,2-5,10H2,1H3/t6-,7-,8+/m0/s1. The Morgan fingerprint density at radius 3 is 2.92 bits per heavy atom. The number of nitrogens with two attached hydrogens (primary N) is 1. The summed E-state index contributed by atoms with van der Waals surface area (Å²) >= 11 is 0. The van der Waals surface area contributed by atoms with Crippen LogP contribution in [0.25, 0.3) is 0 Å². The Bertz CT molecular complexity index is 134. The number of nitrogens with one attached hydrogen (secondary N) is 1. The van der Waals surface area contributed by atoms with Crippen LogP contribution in [-0.2, 0) is 4.74 Å². The van der Waals surface area contributed by atoms with Crippen LogP contribution in [0.2, 0.25) is 0 Å². The highest BCUT2D eigenvalue weighted by molar-refractivity contribution is 4.87. The Morgan fingerprint density at radius 2 is 2.42 bits per heavy atom. The third-order valence-electron chi connectivity index (χ3n) is 2.39. The molecule has 1 saturated heterocycles. The Labute approximate surface area is 72.5 Å². The highest BCUT2D eigenvalue weighted by atomic mass is 19.1. The predicted octanol–water partition coefficient (Wildman–Crippen LogP) is -0.0923. The fourth-order valence-corrected chi connectivity index (χ4v) is 1.55. The maximum atomic E-state index is 13.1. The number of hydrogen-bond donors (Lipinski definition) is 2. The van der Waals surface area contributed by atoms with Crippen molar-refractivity contribution in [2.24, 2.45) is 11.7 Å². The van der Waals surface area contributed by atoms with Gasteiger partial charge in [0.15, 0.2) is 0 Å². The molecule has 3 nitrogen and oxygen atoms in total. The molecular formula is C8H17FN2O. The zero-order valence-electron chi connectivity index (χ0n) is 7.42. The highest BCUT2D eigenvalue weighted by Crippen LogP contribution is 2.17. The van der Waals surface area contributed by atoms with Gasteiger partial charge in [-0.15, -0.1) is 0 Å². The SMILES string of the molecule is COCC[C@@H](N)[C@H]1CNC[C@@H]1F. The van der Waals surface area contributed by atoms with Gasteiger partial charge in [-0.3, -0.25) is 0 Å². The summed E-state index contributed by atoms with van der Waals surface area (Å²) in [6, 6.07) is -0.0741. The minimum absolute atomic E-state index is 0.0276. The molecule has 0 aromatic rings. The van der Waals surface area contributed by atoms with Gasteiger partial charge in [0.2, 0.25) is 0 Å². The van der Waals surface area contributed by atoms with Crippen molar-refractivity contribution in [1.29, 1.82) is 0 Å². The molecule has 0 saturated carbocycles. The molecule has 0 aromatic carbocycles. The number of ether oxygens (including phenoxy) is 1. The number of methoxy groups -OCH3 is 1. The van der Waals surface area contributed by atoms with Gasteiger partial charge in [-0.25, -0.2) is 4.39 Å². The number of hydrogen-bond acceptors (Lipinski definition) is 3. The van der Waals surface area contributed by atoms with E-state index in [9.17, 15) is 4.39 Å². The Kier molecular flexibility index (Phi) is 3.91. The van der Waals surface area contributed by atoms with Gasteiger partial charge in [-0.2, -0.15) is 0 Å². The first kappa shape index (κ1) is 9.89. The third kappa shape index (κ3) is 2.40. The fourth-order valence-electron chi connectivity index (χ4n) is 1.55. The van der Waals surface area contributed by atoms with Crippen LogP contribution in [0.4, 0.5) is 4.39 Å². The van der Waals surface area contributed by atoms with Crippen LogP contribution < -0.4 is 11.1 Å². The summed E-state index contributed by atoms with van der Waals surface area (Å²) < 4.78 is 18.0. The van der Waals surface area contributed by atoms with Crippen molar-refractivity contribution < 1.29 is 9.13 Å². The largest absolute Gasteiger partial charge is 0.385 e. The lowest BCUT2D eigenvalue weighted by Gasteiger charge is -2.19. The van der Waals surface area contributed by atoms with Gasteiger partial charge in [-0.1, -0.05) is 0 Å². The summed E-state index contributed by atoms with van der Waals surface area (Å²) in [6.07, 6.45) is -0.0413. The molecule has 3 atom stereocenters. The topological polar surface area (TPSA) is 47.3 Å². The van der Waals surface area contributed by atoms with E-state index in [-0.39, 0.29) is 12.0 Å². The van der Waals surface area contributed by atoms with Crippen LogP contribution in [0.15, 0.2) is 0 Å². The molecule has 0 amide bonds. The fraction of sp³-hybridized carbons (Fsp3) is 1.00. The molecule has 12 heavy (non-hydrogen) atoms. The van der Waals surface area contributed by atoms with Crippen molar-refractivity contribution in [3.8, 4) is 0 Å². The lowest BCUT2D eigenvalue weighted by Crippen LogP contribution is -2.36. The Balaban J connectivity index is 2.25. The zero-order valence-corrected chi connectivity index (χ0v) is 7.42. The maximum Gasteiger partial charge on any atom is 0.118 e. The summed E-state index contributed by atoms with van der Waals surface area (Å²) in [5.41, 5.74) is 5.80. The first-order valence-corrected chi connectivity index (χ1v) is 4.35. The van der Waals surface area contributed by atoms with E-state index < -0.39 is 6.17 Å². The molecule has 0 spiro atoms. The smallest absolute Gasteiger partial charge is 0.118 e. The molecule has 1 aliphatic heterocycles. The van der Waals surface area contributed by atoms with Crippen molar-refractivity contribution in [2.45, 2.75) is 18.6 Å². The van der Waals surface area contributed by atoms with E-state index in [0.717, 1.165) is 6.42 Å². The zero-order chi connectivity index (χ0) is 8.97. The van der Waals surface area contributed by atoms with Gasteiger partial charge in [0, 0.05) is 38.8 Å². The number of alkyl halides is 1. The van der Waals surface area contributed by atoms with Crippen LogP contribution in [0.5, 0.6) is 0 Å².